The lowest BCUT2D eigenvalue weighted by Crippen LogP contribution is -2.25. The molecule has 0 saturated carbocycles. The predicted molar refractivity (Wildman–Crippen MR) is 69.7 cm³/mol. The molecule has 0 amide bonds. The molecule has 0 unspecified atom stereocenters. The minimum atomic E-state index is -3.46. The summed E-state index contributed by atoms with van der Waals surface area (Å²) in [6, 6.07) is 1.53. The number of nitrogens with two attached hydrogens (primary N) is 1. The Bertz CT molecular complexity index is 589. The average Bonchev–Trinajstić information content (AvgIpc) is 2.99. The van der Waals surface area contributed by atoms with Crippen LogP contribution in [-0.4, -0.2) is 24.9 Å². The van der Waals surface area contributed by atoms with E-state index in [-0.39, 0.29) is 11.4 Å². The number of nitrogens with zero attached hydrogens (tertiary/aromatic N) is 1. The number of aromatic nitrogens is 2. The fraction of sp³-hybridized carbons (Fsp3) is 0.300. The molecule has 2 rings (SSSR count). The molecule has 0 aliphatic rings. The van der Waals surface area contributed by atoms with Gasteiger partial charge in [-0.05, 0) is 6.07 Å². The molecule has 0 atom stereocenters. The molecule has 4 N–H and O–H groups in total. The van der Waals surface area contributed by atoms with Crippen LogP contribution in [0.2, 0.25) is 0 Å². The van der Waals surface area contributed by atoms with Crippen molar-refractivity contribution >= 4 is 21.4 Å². The maximum atomic E-state index is 11.9. The van der Waals surface area contributed by atoms with Crippen LogP contribution in [0.5, 0.6) is 0 Å². The van der Waals surface area contributed by atoms with E-state index in [9.17, 15) is 8.42 Å². The van der Waals surface area contributed by atoms with Crippen molar-refractivity contribution in [1.29, 1.82) is 0 Å². The molecule has 2 heterocycles. The Morgan fingerprint density at radius 3 is 2.94 bits per heavy atom. The normalized spacial score (nSPS) is 11.8. The Morgan fingerprint density at radius 1 is 1.50 bits per heavy atom. The highest BCUT2D eigenvalue weighted by Crippen LogP contribution is 2.10. The van der Waals surface area contributed by atoms with Crippen LogP contribution >= 0.6 is 11.3 Å². The van der Waals surface area contributed by atoms with Gasteiger partial charge in [-0.3, -0.25) is 0 Å². The molecule has 0 radical (unpaired) electrons. The van der Waals surface area contributed by atoms with E-state index in [4.69, 9.17) is 5.73 Å². The first-order chi connectivity index (χ1) is 8.62. The van der Waals surface area contributed by atoms with Gasteiger partial charge >= 0.3 is 0 Å². The zero-order valence-electron chi connectivity index (χ0n) is 9.59. The minimum absolute atomic E-state index is 0.210. The lowest BCUT2D eigenvalue weighted by Gasteiger charge is -2.03. The summed E-state index contributed by atoms with van der Waals surface area (Å²) in [5.41, 5.74) is 6.11. The quantitative estimate of drug-likeness (QED) is 0.717. The van der Waals surface area contributed by atoms with E-state index in [2.05, 4.69) is 14.7 Å². The molecule has 0 aromatic carbocycles. The van der Waals surface area contributed by atoms with Gasteiger partial charge in [0.25, 0.3) is 0 Å². The number of H-pyrrole nitrogens is 1. The summed E-state index contributed by atoms with van der Waals surface area (Å²) in [5, 5.41) is 2.78. The smallest absolute Gasteiger partial charge is 0.242 e. The summed E-state index contributed by atoms with van der Waals surface area (Å²) < 4.78 is 26.3. The molecule has 0 saturated heterocycles. The molecule has 6 nitrogen and oxygen atoms in total. The maximum Gasteiger partial charge on any atom is 0.242 e. The van der Waals surface area contributed by atoms with E-state index >= 15 is 0 Å². The first kappa shape index (κ1) is 13.2. The van der Waals surface area contributed by atoms with E-state index in [0.29, 0.717) is 18.7 Å². The second-order valence-electron chi connectivity index (χ2n) is 3.64. The number of aromatic amines is 1. The third kappa shape index (κ3) is 3.16. The van der Waals surface area contributed by atoms with Gasteiger partial charge in [-0.1, -0.05) is 0 Å². The molecule has 0 fully saturated rings. The minimum Gasteiger partial charge on any atom is -0.363 e. The largest absolute Gasteiger partial charge is 0.363 e. The summed E-state index contributed by atoms with van der Waals surface area (Å²) in [5.74, 6) is 0. The van der Waals surface area contributed by atoms with Crippen molar-refractivity contribution in [3.8, 4) is 0 Å². The maximum absolute atomic E-state index is 11.9. The molecule has 18 heavy (non-hydrogen) atoms. The van der Waals surface area contributed by atoms with E-state index < -0.39 is 10.0 Å². The van der Waals surface area contributed by atoms with Crippen LogP contribution in [0.25, 0.3) is 0 Å². The number of hydrogen-bond donors (Lipinski definition) is 3. The van der Waals surface area contributed by atoms with Crippen LogP contribution in [-0.2, 0) is 23.0 Å². The van der Waals surface area contributed by atoms with Crippen molar-refractivity contribution in [1.82, 2.24) is 14.7 Å². The van der Waals surface area contributed by atoms with Gasteiger partial charge in [0, 0.05) is 43.0 Å². The van der Waals surface area contributed by atoms with Crippen molar-refractivity contribution < 1.29 is 8.42 Å². The van der Waals surface area contributed by atoms with Crippen LogP contribution in [0.4, 0.5) is 0 Å². The van der Waals surface area contributed by atoms with Crippen LogP contribution < -0.4 is 10.5 Å². The van der Waals surface area contributed by atoms with E-state index in [0.717, 1.165) is 5.01 Å². The highest BCUT2D eigenvalue weighted by molar-refractivity contribution is 7.89. The van der Waals surface area contributed by atoms with Gasteiger partial charge in [-0.15, -0.1) is 11.3 Å². The van der Waals surface area contributed by atoms with Crippen molar-refractivity contribution in [3.63, 3.8) is 0 Å². The number of hydrogen-bond acceptors (Lipinski definition) is 5. The fourth-order valence-electron chi connectivity index (χ4n) is 1.44. The first-order valence-electron chi connectivity index (χ1n) is 5.37. The molecule has 0 spiro atoms. The molecule has 2 aromatic heterocycles. The van der Waals surface area contributed by atoms with Crippen LogP contribution in [0, 0.1) is 0 Å². The molecule has 0 aliphatic heterocycles. The standard InChI is InChI=1S/C10H14N4O2S2/c11-6-8-5-9(7-13-8)18(15,16)14-2-1-10-12-3-4-17-10/h3-5,7,13-14H,1-2,6,11H2. The highest BCUT2D eigenvalue weighted by atomic mass is 32.2. The molecule has 0 aliphatic carbocycles. The zero-order chi connectivity index (χ0) is 13.0. The number of rotatable bonds is 6. The second kappa shape index (κ2) is 5.61. The average molecular weight is 286 g/mol. The summed E-state index contributed by atoms with van der Waals surface area (Å²) in [4.78, 5) is 7.11. The van der Waals surface area contributed by atoms with Gasteiger partial charge in [-0.25, -0.2) is 18.1 Å². The van der Waals surface area contributed by atoms with Gasteiger partial charge in [-0.2, -0.15) is 0 Å². The second-order valence-corrected chi connectivity index (χ2v) is 6.38. The molecular weight excluding hydrogens is 272 g/mol. The van der Waals surface area contributed by atoms with Crippen molar-refractivity contribution in [2.24, 2.45) is 5.73 Å². The van der Waals surface area contributed by atoms with Crippen LogP contribution in [0.15, 0.2) is 28.7 Å². The molecule has 2 aromatic rings. The van der Waals surface area contributed by atoms with Gasteiger partial charge in [0.05, 0.1) is 9.90 Å². The number of nitrogens with one attached hydrogen (secondary N) is 2. The summed E-state index contributed by atoms with van der Waals surface area (Å²) >= 11 is 1.51. The van der Waals surface area contributed by atoms with Gasteiger partial charge in [0.1, 0.15) is 0 Å². The monoisotopic (exact) mass is 286 g/mol. The molecule has 98 valence electrons. The third-order valence-corrected chi connectivity index (χ3v) is 4.64. The Kier molecular flexibility index (Phi) is 4.12. The number of sulfonamides is 1. The van der Waals surface area contributed by atoms with Gasteiger partial charge < -0.3 is 10.7 Å². The van der Waals surface area contributed by atoms with Gasteiger partial charge in [0.15, 0.2) is 0 Å². The summed E-state index contributed by atoms with van der Waals surface area (Å²) in [6.07, 6.45) is 3.73. The summed E-state index contributed by atoms with van der Waals surface area (Å²) in [6.45, 7) is 0.619. The van der Waals surface area contributed by atoms with Crippen molar-refractivity contribution in [2.45, 2.75) is 17.9 Å². The predicted octanol–water partition coefficient (Wildman–Crippen LogP) is 0.451. The van der Waals surface area contributed by atoms with Crippen LogP contribution in [0.3, 0.4) is 0 Å². The fourth-order valence-corrected chi connectivity index (χ4v) is 3.11. The summed E-state index contributed by atoms with van der Waals surface area (Å²) in [7, 11) is -3.46. The third-order valence-electron chi connectivity index (χ3n) is 2.36. The van der Waals surface area contributed by atoms with Gasteiger partial charge in [0.2, 0.25) is 10.0 Å². The van der Waals surface area contributed by atoms with E-state index in [1.807, 2.05) is 5.38 Å². The SMILES string of the molecule is NCc1cc(S(=O)(=O)NCCc2nccs2)c[nH]1. The topological polar surface area (TPSA) is 101 Å². The first-order valence-corrected chi connectivity index (χ1v) is 7.73. The highest BCUT2D eigenvalue weighted by Gasteiger charge is 2.15. The number of thiazole rings is 1. The lowest BCUT2D eigenvalue weighted by atomic mass is 10.4. The van der Waals surface area contributed by atoms with Crippen molar-refractivity contribution in [3.05, 3.63) is 34.5 Å². The molecule has 0 bridgehead atoms. The van der Waals surface area contributed by atoms with Crippen molar-refractivity contribution in [2.75, 3.05) is 6.54 Å². The van der Waals surface area contributed by atoms with E-state index in [1.165, 1.54) is 23.6 Å². The Labute approximate surface area is 109 Å². The lowest BCUT2D eigenvalue weighted by molar-refractivity contribution is 0.581. The zero-order valence-corrected chi connectivity index (χ0v) is 11.2. The Hall–Kier alpha value is -1.22. The van der Waals surface area contributed by atoms with E-state index in [1.54, 1.807) is 6.20 Å². The van der Waals surface area contributed by atoms with Crippen LogP contribution in [0.1, 0.15) is 10.7 Å². The molecule has 8 heteroatoms. The molecular formula is C10H14N4O2S2. The Balaban J connectivity index is 1.95. The Morgan fingerprint density at radius 2 is 2.33 bits per heavy atom.